The Labute approximate surface area is 120 Å². The summed E-state index contributed by atoms with van der Waals surface area (Å²) in [6.45, 7) is 1.26. The van der Waals surface area contributed by atoms with Gasteiger partial charge >= 0.3 is 0 Å². The monoisotopic (exact) mass is 329 g/mol. The maximum atomic E-state index is 5.62. The molecule has 2 heterocycles. The Bertz CT molecular complexity index is 435. The molecule has 0 bridgehead atoms. The lowest BCUT2D eigenvalue weighted by Gasteiger charge is -2.26. The summed E-state index contributed by atoms with van der Waals surface area (Å²) in [7, 11) is 0. The molecular weight excluding hydrogens is 314 g/mol. The van der Waals surface area contributed by atoms with E-state index in [1.807, 2.05) is 23.9 Å². The van der Waals surface area contributed by atoms with Crippen LogP contribution in [0.15, 0.2) is 16.6 Å². The number of hydrogen-bond acceptors (Lipinski definition) is 4. The van der Waals surface area contributed by atoms with Crippen LogP contribution in [0.1, 0.15) is 12.8 Å². The van der Waals surface area contributed by atoms with Gasteiger partial charge in [-0.3, -0.25) is 0 Å². The van der Waals surface area contributed by atoms with Gasteiger partial charge in [-0.05, 0) is 34.5 Å². The standard InChI is InChI=1S/C13H16BrNO2S/c14-10-6-12-13(17-4-3-16-12)7-11(10)15-9-2-1-5-18-8-9/h6-7,9,15H,1-5,8H2. The fourth-order valence-corrected chi connectivity index (χ4v) is 3.76. The number of nitrogens with one attached hydrogen (secondary N) is 1. The van der Waals surface area contributed by atoms with Crippen LogP contribution in [0.2, 0.25) is 0 Å². The largest absolute Gasteiger partial charge is 0.486 e. The maximum absolute atomic E-state index is 5.62. The van der Waals surface area contributed by atoms with E-state index in [0.29, 0.717) is 19.3 Å². The molecule has 0 saturated carbocycles. The maximum Gasteiger partial charge on any atom is 0.163 e. The molecule has 3 nitrogen and oxygen atoms in total. The van der Waals surface area contributed by atoms with Crippen molar-refractivity contribution in [3.05, 3.63) is 16.6 Å². The minimum atomic E-state index is 0.558. The molecule has 0 radical (unpaired) electrons. The van der Waals surface area contributed by atoms with Crippen molar-refractivity contribution in [3.63, 3.8) is 0 Å². The molecule has 1 atom stereocenters. The molecule has 0 amide bonds. The Morgan fingerprint density at radius 2 is 2.00 bits per heavy atom. The van der Waals surface area contributed by atoms with Crippen LogP contribution in [0.4, 0.5) is 5.69 Å². The van der Waals surface area contributed by atoms with Crippen molar-refractivity contribution in [2.75, 3.05) is 30.0 Å². The Kier molecular flexibility index (Phi) is 3.89. The number of rotatable bonds is 2. The van der Waals surface area contributed by atoms with Gasteiger partial charge in [0.1, 0.15) is 13.2 Å². The molecule has 18 heavy (non-hydrogen) atoms. The molecule has 0 aromatic heterocycles. The number of hydrogen-bond donors (Lipinski definition) is 1. The second-order valence-corrected chi connectivity index (χ2v) is 6.54. The van der Waals surface area contributed by atoms with Crippen molar-refractivity contribution < 1.29 is 9.47 Å². The van der Waals surface area contributed by atoms with E-state index in [1.54, 1.807) is 0 Å². The quantitative estimate of drug-likeness (QED) is 0.899. The number of ether oxygens (including phenoxy) is 2. The molecule has 2 aliphatic heterocycles. The lowest BCUT2D eigenvalue weighted by Crippen LogP contribution is -2.26. The first-order valence-electron chi connectivity index (χ1n) is 6.26. The fraction of sp³-hybridized carbons (Fsp3) is 0.538. The zero-order valence-corrected chi connectivity index (χ0v) is 12.5. The highest BCUT2D eigenvalue weighted by atomic mass is 79.9. The van der Waals surface area contributed by atoms with Crippen molar-refractivity contribution in [1.82, 2.24) is 0 Å². The van der Waals surface area contributed by atoms with E-state index in [-0.39, 0.29) is 0 Å². The first kappa shape index (κ1) is 12.5. The van der Waals surface area contributed by atoms with Gasteiger partial charge in [-0.15, -0.1) is 0 Å². The van der Waals surface area contributed by atoms with Gasteiger partial charge in [0.15, 0.2) is 11.5 Å². The van der Waals surface area contributed by atoms with Gasteiger partial charge in [-0.2, -0.15) is 11.8 Å². The molecule has 1 saturated heterocycles. The van der Waals surface area contributed by atoms with Crippen molar-refractivity contribution >= 4 is 33.4 Å². The van der Waals surface area contributed by atoms with Crippen LogP contribution in [-0.2, 0) is 0 Å². The molecule has 3 rings (SSSR count). The summed E-state index contributed by atoms with van der Waals surface area (Å²) >= 11 is 5.62. The molecule has 1 fully saturated rings. The third-order valence-corrected chi connectivity index (χ3v) is 5.02. The molecule has 1 aromatic rings. The zero-order valence-electron chi connectivity index (χ0n) is 10.1. The van der Waals surface area contributed by atoms with Crippen LogP contribution < -0.4 is 14.8 Å². The van der Waals surface area contributed by atoms with Crippen molar-refractivity contribution in [3.8, 4) is 11.5 Å². The zero-order chi connectivity index (χ0) is 12.4. The van der Waals surface area contributed by atoms with Gasteiger partial charge in [-0.1, -0.05) is 0 Å². The van der Waals surface area contributed by atoms with Crippen LogP contribution in [0.3, 0.4) is 0 Å². The second-order valence-electron chi connectivity index (χ2n) is 4.53. The highest BCUT2D eigenvalue weighted by Gasteiger charge is 2.18. The number of halogens is 1. The average molecular weight is 330 g/mol. The lowest BCUT2D eigenvalue weighted by molar-refractivity contribution is 0.171. The van der Waals surface area contributed by atoms with Gasteiger partial charge in [0.2, 0.25) is 0 Å². The van der Waals surface area contributed by atoms with E-state index in [9.17, 15) is 0 Å². The van der Waals surface area contributed by atoms with Crippen molar-refractivity contribution in [2.24, 2.45) is 0 Å². The molecule has 98 valence electrons. The lowest BCUT2D eigenvalue weighted by atomic mass is 10.1. The highest BCUT2D eigenvalue weighted by Crippen LogP contribution is 2.38. The summed E-state index contributed by atoms with van der Waals surface area (Å²) < 4.78 is 12.2. The SMILES string of the molecule is Brc1cc2c(cc1NC1CCCSC1)OCCO2. The molecular formula is C13H16BrNO2S. The smallest absolute Gasteiger partial charge is 0.163 e. The number of benzene rings is 1. The molecule has 1 N–H and O–H groups in total. The van der Waals surface area contributed by atoms with Crippen LogP contribution in [0, 0.1) is 0 Å². The highest BCUT2D eigenvalue weighted by molar-refractivity contribution is 9.10. The van der Waals surface area contributed by atoms with E-state index in [2.05, 4.69) is 21.2 Å². The van der Waals surface area contributed by atoms with E-state index in [0.717, 1.165) is 21.7 Å². The van der Waals surface area contributed by atoms with Gasteiger partial charge in [-0.25, -0.2) is 0 Å². The van der Waals surface area contributed by atoms with Gasteiger partial charge in [0.25, 0.3) is 0 Å². The van der Waals surface area contributed by atoms with Crippen LogP contribution in [-0.4, -0.2) is 30.8 Å². The molecule has 0 aliphatic carbocycles. The van der Waals surface area contributed by atoms with Gasteiger partial charge in [0.05, 0.1) is 5.69 Å². The second kappa shape index (κ2) is 5.61. The summed E-state index contributed by atoms with van der Waals surface area (Å²) in [4.78, 5) is 0. The predicted molar refractivity (Wildman–Crippen MR) is 79.1 cm³/mol. The van der Waals surface area contributed by atoms with Crippen molar-refractivity contribution in [1.29, 1.82) is 0 Å². The summed E-state index contributed by atoms with van der Waals surface area (Å²) in [6.07, 6.45) is 2.54. The van der Waals surface area contributed by atoms with Crippen molar-refractivity contribution in [2.45, 2.75) is 18.9 Å². The Morgan fingerprint density at radius 3 is 2.72 bits per heavy atom. The minimum Gasteiger partial charge on any atom is -0.486 e. The Hall–Kier alpha value is -0.550. The normalized spacial score (nSPS) is 22.6. The molecule has 1 unspecified atom stereocenters. The first-order chi connectivity index (χ1) is 8.83. The molecule has 2 aliphatic rings. The summed E-state index contributed by atoms with van der Waals surface area (Å²) in [5.41, 5.74) is 1.10. The van der Waals surface area contributed by atoms with E-state index >= 15 is 0 Å². The van der Waals surface area contributed by atoms with Crippen LogP contribution in [0.25, 0.3) is 0 Å². The van der Waals surface area contributed by atoms with E-state index < -0.39 is 0 Å². The topological polar surface area (TPSA) is 30.5 Å². The molecule has 0 spiro atoms. The molecule has 5 heteroatoms. The van der Waals surface area contributed by atoms with E-state index in [4.69, 9.17) is 9.47 Å². The van der Waals surface area contributed by atoms with Gasteiger partial charge < -0.3 is 14.8 Å². The number of anilines is 1. The first-order valence-corrected chi connectivity index (χ1v) is 8.21. The summed E-state index contributed by atoms with van der Waals surface area (Å²) in [6, 6.07) is 4.59. The number of fused-ring (bicyclic) bond motifs is 1. The minimum absolute atomic E-state index is 0.558. The van der Waals surface area contributed by atoms with Crippen LogP contribution in [0.5, 0.6) is 11.5 Å². The third-order valence-electron chi connectivity index (χ3n) is 3.15. The predicted octanol–water partition coefficient (Wildman–Crippen LogP) is 3.53. The summed E-state index contributed by atoms with van der Waals surface area (Å²) in [5, 5.41) is 3.60. The Balaban J connectivity index is 1.78. The summed E-state index contributed by atoms with van der Waals surface area (Å²) in [5.74, 6) is 4.15. The third kappa shape index (κ3) is 2.72. The Morgan fingerprint density at radius 1 is 1.22 bits per heavy atom. The average Bonchev–Trinajstić information content (AvgIpc) is 2.41. The van der Waals surface area contributed by atoms with E-state index in [1.165, 1.54) is 24.3 Å². The van der Waals surface area contributed by atoms with Crippen LogP contribution >= 0.6 is 27.7 Å². The van der Waals surface area contributed by atoms with Gasteiger partial charge in [0, 0.05) is 28.4 Å². The molecule has 1 aromatic carbocycles. The number of thioether (sulfide) groups is 1. The fourth-order valence-electron chi connectivity index (χ4n) is 2.25.